The summed E-state index contributed by atoms with van der Waals surface area (Å²) >= 11 is 2.98. The van der Waals surface area contributed by atoms with Crippen LogP contribution in [0.5, 0.6) is 11.5 Å². The maximum Gasteiger partial charge on any atom is 0.342 e. The van der Waals surface area contributed by atoms with Crippen molar-refractivity contribution in [1.29, 1.82) is 0 Å². The van der Waals surface area contributed by atoms with Gasteiger partial charge >= 0.3 is 5.97 Å². The monoisotopic (exact) mass is 274 g/mol. The molecule has 0 heterocycles. The quantitative estimate of drug-likeness (QED) is 0.813. The molecule has 82 valence electrons. The number of esters is 1. The molecule has 1 rings (SSSR count). The summed E-state index contributed by atoms with van der Waals surface area (Å²) < 4.78 is 4.88. The predicted octanol–water partition coefficient (Wildman–Crippen LogP) is 2.35. The molecule has 0 saturated carbocycles. The molecule has 5 heteroatoms. The second-order valence-electron chi connectivity index (χ2n) is 2.97. The van der Waals surface area contributed by atoms with Crippen LogP contribution in [0.25, 0.3) is 0 Å². The van der Waals surface area contributed by atoms with E-state index in [9.17, 15) is 15.0 Å². The molecule has 0 fully saturated rings. The zero-order chi connectivity index (χ0) is 11.6. The second-order valence-corrected chi connectivity index (χ2v) is 3.76. The Balaban J connectivity index is 3.29. The molecule has 0 atom stereocenters. The Hall–Kier alpha value is -1.23. The van der Waals surface area contributed by atoms with Crippen LogP contribution in [0.4, 0.5) is 0 Å². The first kappa shape index (κ1) is 11.8. The molecule has 0 saturated heterocycles. The van der Waals surface area contributed by atoms with Crippen molar-refractivity contribution in [3.05, 3.63) is 21.7 Å². The molecular formula is C10H11BrO4. The third-order valence-electron chi connectivity index (χ3n) is 1.90. The SMILES string of the molecule is CCOC(=O)c1c(C)cc(O)c(Br)c1O. The lowest BCUT2D eigenvalue weighted by molar-refractivity contribution is 0.0522. The summed E-state index contributed by atoms with van der Waals surface area (Å²) in [7, 11) is 0. The highest BCUT2D eigenvalue weighted by Crippen LogP contribution is 2.38. The number of phenolic OH excluding ortho intramolecular Hbond substituents is 2. The fourth-order valence-electron chi connectivity index (χ4n) is 1.22. The van der Waals surface area contributed by atoms with Gasteiger partial charge in [0, 0.05) is 0 Å². The third-order valence-corrected chi connectivity index (χ3v) is 2.68. The number of ether oxygens (including phenoxy) is 1. The summed E-state index contributed by atoms with van der Waals surface area (Å²) in [4.78, 5) is 11.5. The van der Waals surface area contributed by atoms with Crippen molar-refractivity contribution in [2.75, 3.05) is 6.61 Å². The van der Waals surface area contributed by atoms with E-state index in [1.54, 1.807) is 13.8 Å². The minimum absolute atomic E-state index is 0.0709. The molecule has 0 aliphatic carbocycles. The topological polar surface area (TPSA) is 66.8 Å². The van der Waals surface area contributed by atoms with Gasteiger partial charge in [-0.05, 0) is 41.4 Å². The summed E-state index contributed by atoms with van der Waals surface area (Å²) in [6.07, 6.45) is 0. The van der Waals surface area contributed by atoms with Gasteiger partial charge in [0.15, 0.2) is 0 Å². The average molecular weight is 275 g/mol. The number of benzene rings is 1. The van der Waals surface area contributed by atoms with Crippen LogP contribution >= 0.6 is 15.9 Å². The molecule has 0 radical (unpaired) electrons. The molecule has 0 amide bonds. The minimum Gasteiger partial charge on any atom is -0.507 e. The van der Waals surface area contributed by atoms with Crippen LogP contribution in [0.3, 0.4) is 0 Å². The molecule has 0 aliphatic heterocycles. The van der Waals surface area contributed by atoms with E-state index in [-0.39, 0.29) is 28.1 Å². The molecule has 0 unspecified atom stereocenters. The van der Waals surface area contributed by atoms with Crippen LogP contribution in [0.2, 0.25) is 0 Å². The highest BCUT2D eigenvalue weighted by molar-refractivity contribution is 9.10. The van der Waals surface area contributed by atoms with Crippen LogP contribution in [0.1, 0.15) is 22.8 Å². The van der Waals surface area contributed by atoms with E-state index in [1.165, 1.54) is 6.07 Å². The lowest BCUT2D eigenvalue weighted by Crippen LogP contribution is -2.07. The molecule has 15 heavy (non-hydrogen) atoms. The van der Waals surface area contributed by atoms with Gasteiger partial charge in [0.25, 0.3) is 0 Å². The van der Waals surface area contributed by atoms with Crippen LogP contribution in [-0.4, -0.2) is 22.8 Å². The summed E-state index contributed by atoms with van der Waals surface area (Å²) in [5.74, 6) is -1.02. The van der Waals surface area contributed by atoms with Crippen LogP contribution < -0.4 is 0 Å². The first-order valence-electron chi connectivity index (χ1n) is 4.37. The number of hydrogen-bond acceptors (Lipinski definition) is 4. The van der Waals surface area contributed by atoms with E-state index in [0.29, 0.717) is 5.56 Å². The largest absolute Gasteiger partial charge is 0.507 e. The smallest absolute Gasteiger partial charge is 0.342 e. The summed E-state index contributed by atoms with van der Waals surface area (Å²) in [6, 6.07) is 1.38. The van der Waals surface area contributed by atoms with Crippen molar-refractivity contribution in [3.8, 4) is 11.5 Å². The maximum atomic E-state index is 11.5. The fraction of sp³-hybridized carbons (Fsp3) is 0.300. The number of halogens is 1. The van der Waals surface area contributed by atoms with Gasteiger partial charge in [-0.15, -0.1) is 0 Å². The Kier molecular flexibility index (Phi) is 3.57. The molecular weight excluding hydrogens is 264 g/mol. The molecule has 1 aromatic rings. The van der Waals surface area contributed by atoms with Gasteiger partial charge in [-0.2, -0.15) is 0 Å². The van der Waals surface area contributed by atoms with E-state index in [4.69, 9.17) is 4.74 Å². The summed E-state index contributed by atoms with van der Waals surface area (Å²) in [5.41, 5.74) is 0.535. The lowest BCUT2D eigenvalue weighted by atomic mass is 10.1. The van der Waals surface area contributed by atoms with Gasteiger partial charge in [-0.3, -0.25) is 0 Å². The lowest BCUT2D eigenvalue weighted by Gasteiger charge is -2.10. The number of aromatic hydroxyl groups is 2. The van der Waals surface area contributed by atoms with E-state index < -0.39 is 5.97 Å². The zero-order valence-corrected chi connectivity index (χ0v) is 9.96. The molecule has 1 aromatic carbocycles. The van der Waals surface area contributed by atoms with Crippen molar-refractivity contribution in [1.82, 2.24) is 0 Å². The van der Waals surface area contributed by atoms with E-state index >= 15 is 0 Å². The van der Waals surface area contributed by atoms with Crippen molar-refractivity contribution >= 4 is 21.9 Å². The first-order chi connectivity index (χ1) is 6.99. The van der Waals surface area contributed by atoms with E-state index in [1.807, 2.05) is 0 Å². The number of aryl methyl sites for hydroxylation is 1. The molecule has 4 nitrogen and oxygen atoms in total. The van der Waals surface area contributed by atoms with Gasteiger partial charge in [-0.25, -0.2) is 4.79 Å². The Labute approximate surface area is 95.6 Å². The normalized spacial score (nSPS) is 10.1. The Morgan fingerprint density at radius 3 is 2.67 bits per heavy atom. The number of rotatable bonds is 2. The predicted molar refractivity (Wildman–Crippen MR) is 58.2 cm³/mol. The molecule has 2 N–H and O–H groups in total. The molecule has 0 spiro atoms. The first-order valence-corrected chi connectivity index (χ1v) is 5.16. The van der Waals surface area contributed by atoms with Crippen LogP contribution in [-0.2, 0) is 4.74 Å². The van der Waals surface area contributed by atoms with Gasteiger partial charge in [0.05, 0.1) is 6.61 Å². The minimum atomic E-state index is -0.604. The second kappa shape index (κ2) is 4.53. The van der Waals surface area contributed by atoms with Crippen molar-refractivity contribution in [3.63, 3.8) is 0 Å². The zero-order valence-electron chi connectivity index (χ0n) is 8.37. The van der Waals surface area contributed by atoms with Crippen molar-refractivity contribution in [2.24, 2.45) is 0 Å². The molecule has 0 aliphatic rings. The Bertz CT molecular complexity index is 401. The Morgan fingerprint density at radius 1 is 1.53 bits per heavy atom. The van der Waals surface area contributed by atoms with Crippen molar-refractivity contribution in [2.45, 2.75) is 13.8 Å². The van der Waals surface area contributed by atoms with Gasteiger partial charge in [0.2, 0.25) is 0 Å². The average Bonchev–Trinajstić information content (AvgIpc) is 2.15. The van der Waals surface area contributed by atoms with E-state index in [0.717, 1.165) is 0 Å². The summed E-state index contributed by atoms with van der Waals surface area (Å²) in [5, 5.41) is 19.0. The summed E-state index contributed by atoms with van der Waals surface area (Å²) in [6.45, 7) is 3.52. The number of carbonyl (C=O) groups excluding carboxylic acids is 1. The Morgan fingerprint density at radius 2 is 2.13 bits per heavy atom. The highest BCUT2D eigenvalue weighted by Gasteiger charge is 2.20. The standard InChI is InChI=1S/C10H11BrO4/c1-3-15-10(14)7-5(2)4-6(12)8(11)9(7)13/h4,12-13H,3H2,1-2H3. The molecule has 0 aromatic heterocycles. The maximum absolute atomic E-state index is 11.5. The fourth-order valence-corrected chi connectivity index (χ4v) is 1.53. The van der Waals surface area contributed by atoms with E-state index in [2.05, 4.69) is 15.9 Å². The van der Waals surface area contributed by atoms with Crippen LogP contribution in [0, 0.1) is 6.92 Å². The number of hydrogen-bond donors (Lipinski definition) is 2. The van der Waals surface area contributed by atoms with Gasteiger partial charge in [-0.1, -0.05) is 0 Å². The van der Waals surface area contributed by atoms with Gasteiger partial charge in [0.1, 0.15) is 21.5 Å². The van der Waals surface area contributed by atoms with Crippen molar-refractivity contribution < 1.29 is 19.7 Å². The number of phenols is 2. The van der Waals surface area contributed by atoms with Crippen LogP contribution in [0.15, 0.2) is 10.5 Å². The van der Waals surface area contributed by atoms with Gasteiger partial charge < -0.3 is 14.9 Å². The number of carbonyl (C=O) groups is 1. The third kappa shape index (κ3) is 2.23. The highest BCUT2D eigenvalue weighted by atomic mass is 79.9. The molecule has 0 bridgehead atoms.